The van der Waals surface area contributed by atoms with E-state index in [1.807, 2.05) is 26.0 Å². The number of anilines is 2. The molecular weight excluding hydrogens is 324 g/mol. The zero-order chi connectivity index (χ0) is 18.5. The van der Waals surface area contributed by atoms with Gasteiger partial charge in [0.2, 0.25) is 0 Å². The summed E-state index contributed by atoms with van der Waals surface area (Å²) in [4.78, 5) is 28.3. The number of Topliss-reactive ketones (excluding diaryl/α,β-unsaturated/α-hetero) is 1. The predicted molar refractivity (Wildman–Crippen MR) is 106 cm³/mol. The summed E-state index contributed by atoms with van der Waals surface area (Å²) in [6.07, 6.45) is 3.82. The first kappa shape index (κ1) is 18.2. The molecule has 2 aliphatic heterocycles. The van der Waals surface area contributed by atoms with Gasteiger partial charge in [-0.2, -0.15) is 0 Å². The SMILES string of the molecule is CC.O=C1C(=O)N(Cc2ccc(N3CCCCC3)cc2)c2ccccc21. The van der Waals surface area contributed by atoms with Crippen LogP contribution in [0.4, 0.5) is 11.4 Å². The summed E-state index contributed by atoms with van der Waals surface area (Å²) in [7, 11) is 0. The Morgan fingerprint density at radius 3 is 2.19 bits per heavy atom. The molecule has 0 aliphatic carbocycles. The number of ketones is 1. The highest BCUT2D eigenvalue weighted by molar-refractivity contribution is 6.52. The van der Waals surface area contributed by atoms with Crippen LogP contribution in [0.5, 0.6) is 0 Å². The Kier molecular flexibility index (Phi) is 5.71. The van der Waals surface area contributed by atoms with E-state index >= 15 is 0 Å². The van der Waals surface area contributed by atoms with Crippen LogP contribution in [0.3, 0.4) is 0 Å². The molecule has 2 aromatic rings. The molecule has 1 fully saturated rings. The summed E-state index contributed by atoms with van der Waals surface area (Å²) in [6, 6.07) is 15.6. The topological polar surface area (TPSA) is 40.6 Å². The fourth-order valence-electron chi connectivity index (χ4n) is 3.55. The average Bonchev–Trinajstić information content (AvgIpc) is 2.96. The Labute approximate surface area is 155 Å². The van der Waals surface area contributed by atoms with Gasteiger partial charge in [0.05, 0.1) is 17.8 Å². The quantitative estimate of drug-likeness (QED) is 0.769. The Morgan fingerprint density at radius 2 is 1.50 bits per heavy atom. The van der Waals surface area contributed by atoms with E-state index in [1.165, 1.54) is 24.9 Å². The molecule has 1 saturated heterocycles. The fraction of sp³-hybridized carbons (Fsp3) is 0.364. The van der Waals surface area contributed by atoms with Crippen molar-refractivity contribution in [3.05, 3.63) is 59.7 Å². The van der Waals surface area contributed by atoms with Crippen LogP contribution in [0.1, 0.15) is 49.0 Å². The van der Waals surface area contributed by atoms with E-state index in [0.29, 0.717) is 17.8 Å². The lowest BCUT2D eigenvalue weighted by atomic mass is 10.1. The largest absolute Gasteiger partial charge is 0.372 e. The second-order valence-corrected chi connectivity index (χ2v) is 6.45. The van der Waals surface area contributed by atoms with Crippen LogP contribution in [-0.2, 0) is 11.3 Å². The first-order valence-electron chi connectivity index (χ1n) is 9.53. The maximum atomic E-state index is 12.2. The molecule has 136 valence electrons. The van der Waals surface area contributed by atoms with Crippen molar-refractivity contribution in [1.82, 2.24) is 0 Å². The van der Waals surface area contributed by atoms with Crippen LogP contribution in [-0.4, -0.2) is 24.8 Å². The monoisotopic (exact) mass is 350 g/mol. The van der Waals surface area contributed by atoms with Crippen molar-refractivity contribution >= 4 is 23.1 Å². The molecule has 2 aliphatic rings. The lowest BCUT2D eigenvalue weighted by Gasteiger charge is -2.29. The molecule has 0 aromatic heterocycles. The van der Waals surface area contributed by atoms with Gasteiger partial charge in [-0.1, -0.05) is 38.1 Å². The van der Waals surface area contributed by atoms with E-state index in [9.17, 15) is 9.59 Å². The van der Waals surface area contributed by atoms with Crippen LogP contribution in [0, 0.1) is 0 Å². The van der Waals surface area contributed by atoms with Gasteiger partial charge in [0.1, 0.15) is 0 Å². The van der Waals surface area contributed by atoms with Gasteiger partial charge in [-0.15, -0.1) is 0 Å². The van der Waals surface area contributed by atoms with Gasteiger partial charge in [-0.25, -0.2) is 0 Å². The molecule has 0 saturated carbocycles. The molecule has 2 heterocycles. The molecule has 0 atom stereocenters. The fourth-order valence-corrected chi connectivity index (χ4v) is 3.55. The lowest BCUT2D eigenvalue weighted by Crippen LogP contribution is -2.30. The summed E-state index contributed by atoms with van der Waals surface area (Å²) >= 11 is 0. The normalized spacial score (nSPS) is 16.2. The summed E-state index contributed by atoms with van der Waals surface area (Å²) < 4.78 is 0. The number of hydrogen-bond donors (Lipinski definition) is 0. The molecule has 4 heteroatoms. The van der Waals surface area contributed by atoms with E-state index < -0.39 is 11.7 Å². The summed E-state index contributed by atoms with van der Waals surface area (Å²) in [5, 5.41) is 0. The van der Waals surface area contributed by atoms with Crippen molar-refractivity contribution in [2.45, 2.75) is 39.7 Å². The third kappa shape index (κ3) is 3.50. The van der Waals surface area contributed by atoms with Gasteiger partial charge in [0, 0.05) is 18.8 Å². The standard InChI is InChI=1S/C20H20N2O2.C2H6/c23-19-17-6-2-3-7-18(17)22(20(19)24)14-15-8-10-16(11-9-15)21-12-4-1-5-13-21;1-2/h2-3,6-11H,1,4-5,12-14H2;1-2H3. The van der Waals surface area contributed by atoms with E-state index in [1.54, 1.807) is 17.0 Å². The Balaban J connectivity index is 0.000000948. The minimum atomic E-state index is -0.434. The van der Waals surface area contributed by atoms with Crippen molar-refractivity contribution in [1.29, 1.82) is 0 Å². The Morgan fingerprint density at radius 1 is 0.846 bits per heavy atom. The minimum absolute atomic E-state index is 0.407. The molecule has 0 unspecified atom stereocenters. The van der Waals surface area contributed by atoms with Crippen molar-refractivity contribution in [3.8, 4) is 0 Å². The Hall–Kier alpha value is -2.62. The molecule has 26 heavy (non-hydrogen) atoms. The van der Waals surface area contributed by atoms with Crippen molar-refractivity contribution < 1.29 is 9.59 Å². The van der Waals surface area contributed by atoms with Crippen LogP contribution in [0.25, 0.3) is 0 Å². The second-order valence-electron chi connectivity index (χ2n) is 6.45. The maximum Gasteiger partial charge on any atom is 0.299 e. The number of amides is 1. The van der Waals surface area contributed by atoms with Gasteiger partial charge < -0.3 is 9.80 Å². The third-order valence-electron chi connectivity index (χ3n) is 4.88. The van der Waals surface area contributed by atoms with Gasteiger partial charge in [0.25, 0.3) is 11.7 Å². The molecular formula is C22H26N2O2. The van der Waals surface area contributed by atoms with Crippen molar-refractivity contribution in [2.75, 3.05) is 22.9 Å². The molecule has 1 amide bonds. The highest BCUT2D eigenvalue weighted by atomic mass is 16.2. The zero-order valence-corrected chi connectivity index (χ0v) is 15.6. The number of para-hydroxylation sites is 1. The highest BCUT2D eigenvalue weighted by Gasteiger charge is 2.35. The van der Waals surface area contributed by atoms with Gasteiger partial charge in [0.15, 0.2) is 0 Å². The molecule has 0 spiro atoms. The summed E-state index contributed by atoms with van der Waals surface area (Å²) in [5.41, 5.74) is 3.50. The summed E-state index contributed by atoms with van der Waals surface area (Å²) in [5.74, 6) is -0.841. The number of carbonyl (C=O) groups is 2. The molecule has 0 N–H and O–H groups in total. The van der Waals surface area contributed by atoms with Gasteiger partial charge >= 0.3 is 0 Å². The van der Waals surface area contributed by atoms with Gasteiger partial charge in [-0.05, 0) is 49.1 Å². The first-order valence-corrected chi connectivity index (χ1v) is 9.53. The first-order chi connectivity index (χ1) is 12.7. The van der Waals surface area contributed by atoms with E-state index in [-0.39, 0.29) is 0 Å². The summed E-state index contributed by atoms with van der Waals surface area (Å²) in [6.45, 7) is 6.67. The Bertz CT molecular complexity index is 777. The highest BCUT2D eigenvalue weighted by Crippen LogP contribution is 2.30. The lowest BCUT2D eigenvalue weighted by molar-refractivity contribution is -0.114. The molecule has 2 aromatic carbocycles. The number of hydrogen-bond acceptors (Lipinski definition) is 3. The number of rotatable bonds is 3. The van der Waals surface area contributed by atoms with E-state index in [2.05, 4.69) is 29.2 Å². The zero-order valence-electron chi connectivity index (χ0n) is 15.6. The molecule has 4 nitrogen and oxygen atoms in total. The van der Waals surface area contributed by atoms with Crippen molar-refractivity contribution in [2.24, 2.45) is 0 Å². The average molecular weight is 350 g/mol. The van der Waals surface area contributed by atoms with E-state index in [0.717, 1.165) is 18.7 Å². The maximum absolute atomic E-state index is 12.2. The third-order valence-corrected chi connectivity index (χ3v) is 4.88. The number of benzene rings is 2. The van der Waals surface area contributed by atoms with Crippen molar-refractivity contribution in [3.63, 3.8) is 0 Å². The number of nitrogens with zero attached hydrogens (tertiary/aromatic N) is 2. The van der Waals surface area contributed by atoms with Crippen LogP contribution >= 0.6 is 0 Å². The van der Waals surface area contributed by atoms with Gasteiger partial charge in [-0.3, -0.25) is 9.59 Å². The van der Waals surface area contributed by atoms with Crippen LogP contribution < -0.4 is 9.80 Å². The second kappa shape index (κ2) is 8.17. The molecule has 0 bridgehead atoms. The number of piperidine rings is 1. The minimum Gasteiger partial charge on any atom is -0.372 e. The number of carbonyl (C=O) groups excluding carboxylic acids is 2. The molecule has 0 radical (unpaired) electrons. The number of fused-ring (bicyclic) bond motifs is 1. The van der Waals surface area contributed by atoms with Crippen LogP contribution in [0.2, 0.25) is 0 Å². The smallest absolute Gasteiger partial charge is 0.299 e. The molecule has 4 rings (SSSR count). The van der Waals surface area contributed by atoms with E-state index in [4.69, 9.17) is 0 Å². The van der Waals surface area contributed by atoms with Crippen LogP contribution in [0.15, 0.2) is 48.5 Å². The predicted octanol–water partition coefficient (Wildman–Crippen LogP) is 4.43.